The van der Waals surface area contributed by atoms with Crippen LogP contribution in [0.15, 0.2) is 12.1 Å². The zero-order chi connectivity index (χ0) is 21.6. The Morgan fingerprint density at radius 3 is 2.57 bits per heavy atom. The number of benzene rings is 1. The molecule has 4 fully saturated rings. The Morgan fingerprint density at radius 2 is 1.97 bits per heavy atom. The molecule has 0 saturated carbocycles. The molecule has 4 heterocycles. The second kappa shape index (κ2) is 6.06. The maximum atomic E-state index is 13.8. The number of sulfone groups is 1. The van der Waals surface area contributed by atoms with Gasteiger partial charge in [0.2, 0.25) is 5.91 Å². The van der Waals surface area contributed by atoms with E-state index < -0.39 is 33.2 Å². The van der Waals surface area contributed by atoms with Crippen molar-refractivity contribution in [1.29, 1.82) is 5.26 Å². The number of ether oxygens (including phenoxy) is 2. The van der Waals surface area contributed by atoms with Crippen molar-refractivity contribution in [3.63, 3.8) is 0 Å². The van der Waals surface area contributed by atoms with Gasteiger partial charge in [0.25, 0.3) is 0 Å². The molecule has 7 nitrogen and oxygen atoms in total. The molecule has 6 atom stereocenters. The van der Waals surface area contributed by atoms with Crippen LogP contribution in [0.25, 0.3) is 0 Å². The highest BCUT2D eigenvalue weighted by Crippen LogP contribution is 2.67. The third kappa shape index (κ3) is 2.49. The van der Waals surface area contributed by atoms with Gasteiger partial charge in [0.1, 0.15) is 16.1 Å². The van der Waals surface area contributed by atoms with E-state index in [9.17, 15) is 18.5 Å². The van der Waals surface area contributed by atoms with E-state index in [1.165, 1.54) is 6.26 Å². The molecule has 0 unspecified atom stereocenters. The minimum atomic E-state index is -3.20. The van der Waals surface area contributed by atoms with E-state index in [1.807, 2.05) is 32.9 Å². The topological polar surface area (TPSA) is 96.7 Å². The summed E-state index contributed by atoms with van der Waals surface area (Å²) in [6, 6.07) is 5.96. The third-order valence-electron chi connectivity index (χ3n) is 7.70. The van der Waals surface area contributed by atoms with Crippen LogP contribution < -0.4 is 4.90 Å². The Bertz CT molecular complexity index is 1090. The van der Waals surface area contributed by atoms with Gasteiger partial charge in [-0.3, -0.25) is 9.69 Å². The maximum Gasteiger partial charge on any atom is 0.235 e. The molecule has 2 bridgehead atoms. The highest BCUT2D eigenvalue weighted by atomic mass is 32.2. The van der Waals surface area contributed by atoms with E-state index >= 15 is 0 Å². The summed E-state index contributed by atoms with van der Waals surface area (Å²) in [6.45, 7) is 6.12. The monoisotopic (exact) mass is 430 g/mol. The summed E-state index contributed by atoms with van der Waals surface area (Å²) in [5, 5.41) is 9.39. The van der Waals surface area contributed by atoms with Crippen molar-refractivity contribution >= 4 is 21.4 Å². The van der Waals surface area contributed by atoms with Crippen molar-refractivity contribution in [2.45, 2.75) is 51.0 Å². The van der Waals surface area contributed by atoms with Crippen LogP contribution in [0.5, 0.6) is 0 Å². The standard InChI is InChI=1S/C22H26N2O5S/c1-12-7-15(8-13(2)16(12)10-23)24-19(25)17-18-20(24)28-6-5-22(18)9-14(11-30(4,26)27)21(17,3)29-22/h7-8,14,17-18,20H,5-6,9,11H2,1-4H3/t14-,17-,18+,20+,21-,22+/m1/s1. The van der Waals surface area contributed by atoms with Gasteiger partial charge in [0, 0.05) is 30.2 Å². The lowest BCUT2D eigenvalue weighted by Crippen LogP contribution is -2.52. The van der Waals surface area contributed by atoms with Crippen molar-refractivity contribution in [3.8, 4) is 6.07 Å². The van der Waals surface area contributed by atoms with Gasteiger partial charge < -0.3 is 9.47 Å². The second-order valence-corrected chi connectivity index (χ2v) is 11.8. The van der Waals surface area contributed by atoms with Crippen LogP contribution in [0, 0.1) is 42.9 Å². The lowest BCUT2D eigenvalue weighted by molar-refractivity contribution is -0.140. The number of hydrogen-bond donors (Lipinski definition) is 0. The molecule has 1 aromatic carbocycles. The molecule has 4 aliphatic rings. The maximum absolute atomic E-state index is 13.8. The molecule has 0 N–H and O–H groups in total. The van der Waals surface area contributed by atoms with Crippen LogP contribution in [-0.4, -0.2) is 50.4 Å². The predicted octanol–water partition coefficient (Wildman–Crippen LogP) is 2.09. The average molecular weight is 431 g/mol. The van der Waals surface area contributed by atoms with E-state index in [0.717, 1.165) is 16.8 Å². The number of nitriles is 1. The summed E-state index contributed by atoms with van der Waals surface area (Å²) >= 11 is 0. The van der Waals surface area contributed by atoms with Crippen LogP contribution in [0.3, 0.4) is 0 Å². The minimum absolute atomic E-state index is 0.0301. The van der Waals surface area contributed by atoms with Gasteiger partial charge in [-0.25, -0.2) is 8.42 Å². The number of anilines is 1. The largest absolute Gasteiger partial charge is 0.367 e. The van der Waals surface area contributed by atoms with Crippen molar-refractivity contribution in [2.75, 3.05) is 23.5 Å². The van der Waals surface area contributed by atoms with Crippen LogP contribution in [-0.2, 0) is 24.1 Å². The fourth-order valence-electron chi connectivity index (χ4n) is 6.59. The summed E-state index contributed by atoms with van der Waals surface area (Å²) in [5.74, 6) is -0.795. The van der Waals surface area contributed by atoms with Gasteiger partial charge in [-0.15, -0.1) is 0 Å². The Labute approximate surface area is 176 Å². The molecule has 1 spiro atoms. The molecular weight excluding hydrogens is 404 g/mol. The number of carbonyl (C=O) groups is 1. The predicted molar refractivity (Wildman–Crippen MR) is 109 cm³/mol. The molecule has 1 aromatic rings. The highest BCUT2D eigenvalue weighted by Gasteiger charge is 2.77. The van der Waals surface area contributed by atoms with Gasteiger partial charge in [-0.2, -0.15) is 5.26 Å². The van der Waals surface area contributed by atoms with E-state index in [4.69, 9.17) is 9.47 Å². The van der Waals surface area contributed by atoms with E-state index in [-0.39, 0.29) is 23.5 Å². The second-order valence-electron chi connectivity index (χ2n) is 9.63. The number of carbonyl (C=O) groups excluding carboxylic acids is 1. The van der Waals surface area contributed by atoms with Crippen molar-refractivity contribution in [2.24, 2.45) is 17.8 Å². The molecule has 4 aliphatic heterocycles. The summed E-state index contributed by atoms with van der Waals surface area (Å²) in [6.07, 6.45) is 2.14. The number of rotatable bonds is 3. The zero-order valence-corrected chi connectivity index (χ0v) is 18.5. The van der Waals surface area contributed by atoms with Crippen LogP contribution >= 0.6 is 0 Å². The summed E-state index contributed by atoms with van der Waals surface area (Å²) in [5.41, 5.74) is 1.66. The van der Waals surface area contributed by atoms with Gasteiger partial charge in [-0.05, 0) is 50.5 Å². The van der Waals surface area contributed by atoms with Crippen LogP contribution in [0.4, 0.5) is 5.69 Å². The molecule has 1 amide bonds. The Morgan fingerprint density at radius 1 is 1.30 bits per heavy atom. The molecule has 160 valence electrons. The van der Waals surface area contributed by atoms with Gasteiger partial charge in [-0.1, -0.05) is 0 Å². The van der Waals surface area contributed by atoms with Crippen molar-refractivity contribution in [3.05, 3.63) is 28.8 Å². The van der Waals surface area contributed by atoms with Crippen molar-refractivity contribution in [1.82, 2.24) is 0 Å². The zero-order valence-electron chi connectivity index (χ0n) is 17.6. The van der Waals surface area contributed by atoms with E-state index in [0.29, 0.717) is 25.0 Å². The highest BCUT2D eigenvalue weighted by molar-refractivity contribution is 7.90. The van der Waals surface area contributed by atoms with Crippen LogP contribution in [0.1, 0.15) is 36.5 Å². The van der Waals surface area contributed by atoms with Crippen molar-refractivity contribution < 1.29 is 22.7 Å². The first kappa shape index (κ1) is 20.0. The van der Waals surface area contributed by atoms with Crippen LogP contribution in [0.2, 0.25) is 0 Å². The van der Waals surface area contributed by atoms with E-state index in [1.54, 1.807) is 4.90 Å². The quantitative estimate of drug-likeness (QED) is 0.729. The molecule has 0 radical (unpaired) electrons. The molecule has 5 rings (SSSR count). The first-order chi connectivity index (χ1) is 14.0. The molecule has 0 aliphatic carbocycles. The average Bonchev–Trinajstić information content (AvgIpc) is 3.17. The lowest BCUT2D eigenvalue weighted by atomic mass is 9.62. The Balaban J connectivity index is 1.60. The summed E-state index contributed by atoms with van der Waals surface area (Å²) < 4.78 is 36.8. The summed E-state index contributed by atoms with van der Waals surface area (Å²) in [4.78, 5) is 15.5. The fraction of sp³-hybridized carbons (Fsp3) is 0.636. The normalized spacial score (nSPS) is 39.3. The molecule has 8 heteroatoms. The molecular formula is C22H26N2O5S. The molecule has 30 heavy (non-hydrogen) atoms. The third-order valence-corrected chi connectivity index (χ3v) is 8.71. The first-order valence-corrected chi connectivity index (χ1v) is 12.4. The Hall–Kier alpha value is -1.95. The minimum Gasteiger partial charge on any atom is -0.367 e. The smallest absolute Gasteiger partial charge is 0.235 e. The number of fused-ring (bicyclic) bond motifs is 2. The fourth-order valence-corrected chi connectivity index (χ4v) is 7.77. The number of hydrogen-bond acceptors (Lipinski definition) is 6. The molecule has 0 aromatic heterocycles. The van der Waals surface area contributed by atoms with Gasteiger partial charge >= 0.3 is 0 Å². The first-order valence-electron chi connectivity index (χ1n) is 10.3. The van der Waals surface area contributed by atoms with Gasteiger partial charge in [0.15, 0.2) is 0 Å². The Kier molecular flexibility index (Phi) is 4.03. The number of amides is 1. The SMILES string of the molecule is Cc1cc(N2C(=O)[C@H]3[C@H]4[C@@H]2OCC[C@]42C[C@H](CS(C)(=O)=O)[C@@]3(C)O2)cc(C)c1C#N. The lowest BCUT2D eigenvalue weighted by Gasteiger charge is -2.43. The number of nitrogens with zero attached hydrogens (tertiary/aromatic N) is 2. The number of aryl methyl sites for hydroxylation is 2. The molecule has 4 saturated heterocycles. The van der Waals surface area contributed by atoms with E-state index in [2.05, 4.69) is 6.07 Å². The summed E-state index contributed by atoms with van der Waals surface area (Å²) in [7, 11) is -3.20. The van der Waals surface area contributed by atoms with Gasteiger partial charge in [0.05, 0.1) is 41.1 Å².